The van der Waals surface area contributed by atoms with Gasteiger partial charge in [0.15, 0.2) is 10.9 Å². The summed E-state index contributed by atoms with van der Waals surface area (Å²) in [6.45, 7) is 0. The molecule has 2 aromatic carbocycles. The molecule has 0 bridgehead atoms. The Bertz CT molecular complexity index is 856. The van der Waals surface area contributed by atoms with E-state index in [1.807, 2.05) is 0 Å². The van der Waals surface area contributed by atoms with Gasteiger partial charge in [-0.15, -0.1) is 11.3 Å². The van der Waals surface area contributed by atoms with Gasteiger partial charge >= 0.3 is 6.03 Å². The summed E-state index contributed by atoms with van der Waals surface area (Å²) in [4.78, 5) is 16.1. The van der Waals surface area contributed by atoms with Crippen LogP contribution >= 0.6 is 34.5 Å². The number of anilines is 2. The monoisotopic (exact) mass is 379 g/mol. The highest BCUT2D eigenvalue weighted by Crippen LogP contribution is 2.35. The van der Waals surface area contributed by atoms with E-state index in [1.54, 1.807) is 54.0 Å². The second-order valence-corrected chi connectivity index (χ2v) is 6.33. The van der Waals surface area contributed by atoms with Gasteiger partial charge in [-0.05, 0) is 30.3 Å². The number of carbonyl (C=O) groups excluding carboxylic acids is 1. The third-order valence-corrected chi connectivity index (χ3v) is 4.14. The van der Waals surface area contributed by atoms with Crippen molar-refractivity contribution in [1.29, 1.82) is 0 Å². The number of nitrogens with one attached hydrogen (secondary N) is 2. The van der Waals surface area contributed by atoms with Gasteiger partial charge in [0, 0.05) is 16.6 Å². The average Bonchev–Trinajstić information content (AvgIpc) is 3.04. The van der Waals surface area contributed by atoms with Gasteiger partial charge in [0.2, 0.25) is 0 Å². The SMILES string of the molecule is O=C(Nc1nccs1)Nc1cc(Cl)ccc1Oc1ccccc1Cl. The molecule has 0 saturated heterocycles. The second kappa shape index (κ2) is 7.53. The van der Waals surface area contributed by atoms with Crippen LogP contribution in [0.3, 0.4) is 0 Å². The van der Waals surface area contributed by atoms with Crippen molar-refractivity contribution >= 4 is 51.4 Å². The van der Waals surface area contributed by atoms with Crippen molar-refractivity contribution in [3.63, 3.8) is 0 Å². The van der Waals surface area contributed by atoms with Crippen LogP contribution in [0.15, 0.2) is 54.0 Å². The number of urea groups is 1. The van der Waals surface area contributed by atoms with Crippen molar-refractivity contribution < 1.29 is 9.53 Å². The molecule has 2 N–H and O–H groups in total. The molecule has 1 aromatic heterocycles. The van der Waals surface area contributed by atoms with Gasteiger partial charge in [0.25, 0.3) is 0 Å². The number of hydrogen-bond acceptors (Lipinski definition) is 4. The average molecular weight is 380 g/mol. The normalized spacial score (nSPS) is 10.2. The van der Waals surface area contributed by atoms with E-state index in [-0.39, 0.29) is 0 Å². The summed E-state index contributed by atoms with van der Waals surface area (Å²) in [5.74, 6) is 0.895. The predicted octanol–water partition coefficient (Wildman–Crippen LogP) is 5.89. The Morgan fingerprint density at radius 3 is 2.67 bits per heavy atom. The third kappa shape index (κ3) is 4.17. The summed E-state index contributed by atoms with van der Waals surface area (Å²) in [5, 5.41) is 8.50. The minimum Gasteiger partial charge on any atom is -0.454 e. The Morgan fingerprint density at radius 1 is 1.08 bits per heavy atom. The molecule has 0 aliphatic rings. The summed E-state index contributed by atoms with van der Waals surface area (Å²) in [7, 11) is 0. The first-order chi connectivity index (χ1) is 11.6. The maximum Gasteiger partial charge on any atom is 0.325 e. The molecule has 0 spiro atoms. The first-order valence-electron chi connectivity index (χ1n) is 6.81. The maximum absolute atomic E-state index is 12.1. The smallest absolute Gasteiger partial charge is 0.325 e. The molecule has 24 heavy (non-hydrogen) atoms. The number of amides is 2. The summed E-state index contributed by atoms with van der Waals surface area (Å²) in [5.41, 5.74) is 0.413. The van der Waals surface area contributed by atoms with Gasteiger partial charge in [0.1, 0.15) is 5.75 Å². The highest BCUT2D eigenvalue weighted by atomic mass is 35.5. The molecular formula is C16H11Cl2N3O2S. The lowest BCUT2D eigenvalue weighted by Crippen LogP contribution is -2.19. The molecule has 0 fully saturated rings. The van der Waals surface area contributed by atoms with Crippen LogP contribution in [0.5, 0.6) is 11.5 Å². The molecule has 0 saturated carbocycles. The van der Waals surface area contributed by atoms with Crippen molar-refractivity contribution in [2.24, 2.45) is 0 Å². The van der Waals surface area contributed by atoms with Crippen LogP contribution in [0, 0.1) is 0 Å². The van der Waals surface area contributed by atoms with Gasteiger partial charge in [-0.25, -0.2) is 9.78 Å². The van der Waals surface area contributed by atoms with Gasteiger partial charge in [0.05, 0.1) is 10.7 Å². The third-order valence-electron chi connectivity index (χ3n) is 2.90. The van der Waals surface area contributed by atoms with Crippen LogP contribution in [0.4, 0.5) is 15.6 Å². The van der Waals surface area contributed by atoms with Crippen molar-refractivity contribution in [1.82, 2.24) is 4.98 Å². The van der Waals surface area contributed by atoms with Crippen molar-refractivity contribution in [3.8, 4) is 11.5 Å². The molecule has 0 radical (unpaired) electrons. The van der Waals surface area contributed by atoms with E-state index in [9.17, 15) is 4.79 Å². The molecule has 0 aliphatic carbocycles. The molecule has 0 atom stereocenters. The lowest BCUT2D eigenvalue weighted by Gasteiger charge is -2.13. The number of halogens is 2. The zero-order valence-electron chi connectivity index (χ0n) is 12.1. The number of benzene rings is 2. The second-order valence-electron chi connectivity index (χ2n) is 4.59. The van der Waals surface area contributed by atoms with Crippen LogP contribution in [-0.2, 0) is 0 Å². The van der Waals surface area contributed by atoms with Crippen LogP contribution in [-0.4, -0.2) is 11.0 Å². The van der Waals surface area contributed by atoms with E-state index < -0.39 is 6.03 Å². The van der Waals surface area contributed by atoms with E-state index in [2.05, 4.69) is 15.6 Å². The van der Waals surface area contributed by atoms with E-state index in [4.69, 9.17) is 27.9 Å². The van der Waals surface area contributed by atoms with Crippen LogP contribution in [0.1, 0.15) is 0 Å². The lowest BCUT2D eigenvalue weighted by molar-refractivity contribution is 0.262. The lowest BCUT2D eigenvalue weighted by atomic mass is 10.3. The van der Waals surface area contributed by atoms with Crippen LogP contribution in [0.25, 0.3) is 0 Å². The Balaban J connectivity index is 1.80. The van der Waals surface area contributed by atoms with Gasteiger partial charge in [-0.2, -0.15) is 0 Å². The number of carbonyl (C=O) groups is 1. The molecule has 8 heteroatoms. The van der Waals surface area contributed by atoms with Crippen molar-refractivity contribution in [3.05, 3.63) is 64.1 Å². The summed E-state index contributed by atoms with van der Waals surface area (Å²) >= 11 is 13.4. The van der Waals surface area contributed by atoms with Crippen LogP contribution < -0.4 is 15.4 Å². The van der Waals surface area contributed by atoms with Crippen LogP contribution in [0.2, 0.25) is 10.0 Å². The fourth-order valence-electron chi connectivity index (χ4n) is 1.87. The molecule has 0 unspecified atom stereocenters. The Labute approximate surface area is 152 Å². The molecular weight excluding hydrogens is 369 g/mol. The van der Waals surface area contributed by atoms with E-state index in [0.29, 0.717) is 32.4 Å². The minimum absolute atomic E-state index is 0.413. The summed E-state index contributed by atoms with van der Waals surface area (Å²) in [6, 6.07) is 11.5. The summed E-state index contributed by atoms with van der Waals surface area (Å²) < 4.78 is 5.79. The van der Waals surface area contributed by atoms with Crippen molar-refractivity contribution in [2.75, 3.05) is 10.6 Å². The molecule has 1 heterocycles. The summed E-state index contributed by atoms with van der Waals surface area (Å²) in [6.07, 6.45) is 1.60. The van der Waals surface area contributed by atoms with E-state index in [0.717, 1.165) is 0 Å². The highest BCUT2D eigenvalue weighted by Gasteiger charge is 2.12. The molecule has 3 rings (SSSR count). The highest BCUT2D eigenvalue weighted by molar-refractivity contribution is 7.13. The minimum atomic E-state index is -0.448. The topological polar surface area (TPSA) is 63.2 Å². The number of nitrogens with zero attached hydrogens (tertiary/aromatic N) is 1. The number of para-hydroxylation sites is 1. The van der Waals surface area contributed by atoms with Gasteiger partial charge in [-0.3, -0.25) is 5.32 Å². The molecule has 5 nitrogen and oxygen atoms in total. The largest absolute Gasteiger partial charge is 0.454 e. The van der Waals surface area contributed by atoms with E-state index in [1.165, 1.54) is 11.3 Å². The van der Waals surface area contributed by atoms with Gasteiger partial charge in [-0.1, -0.05) is 35.3 Å². The standard InChI is InChI=1S/C16H11Cl2N3O2S/c17-10-5-6-14(23-13-4-2-1-3-11(13)18)12(9-10)20-15(22)21-16-19-7-8-24-16/h1-9H,(H2,19,20,21,22). The fourth-order valence-corrected chi connectivity index (χ4v) is 2.74. The number of thiazole rings is 1. The molecule has 122 valence electrons. The van der Waals surface area contributed by atoms with E-state index >= 15 is 0 Å². The predicted molar refractivity (Wildman–Crippen MR) is 97.7 cm³/mol. The Hall–Kier alpha value is -2.28. The molecule has 3 aromatic rings. The number of hydrogen-bond donors (Lipinski definition) is 2. The first kappa shape index (κ1) is 16.6. The molecule has 0 aliphatic heterocycles. The number of aromatic nitrogens is 1. The zero-order valence-corrected chi connectivity index (χ0v) is 14.5. The van der Waals surface area contributed by atoms with Gasteiger partial charge < -0.3 is 10.1 Å². The fraction of sp³-hybridized carbons (Fsp3) is 0. The number of rotatable bonds is 4. The number of ether oxygens (including phenoxy) is 1. The first-order valence-corrected chi connectivity index (χ1v) is 8.45. The molecule has 2 amide bonds. The van der Waals surface area contributed by atoms with Crippen molar-refractivity contribution in [2.45, 2.75) is 0 Å². The Kier molecular flexibility index (Phi) is 5.20. The maximum atomic E-state index is 12.1. The Morgan fingerprint density at radius 2 is 1.92 bits per heavy atom. The quantitative estimate of drug-likeness (QED) is 0.594. The zero-order chi connectivity index (χ0) is 16.9.